The van der Waals surface area contributed by atoms with Gasteiger partial charge in [0, 0.05) is 11.6 Å². The van der Waals surface area contributed by atoms with Crippen LogP contribution in [0.2, 0.25) is 0 Å². The Labute approximate surface area is 245 Å². The molecule has 0 saturated carbocycles. The summed E-state index contributed by atoms with van der Waals surface area (Å²) in [5.74, 6) is -1.42. The minimum atomic E-state index is -4.22. The first-order chi connectivity index (χ1) is 19.9. The van der Waals surface area contributed by atoms with Crippen LogP contribution in [0, 0.1) is 5.92 Å². The molecule has 0 aromatic heterocycles. The van der Waals surface area contributed by atoms with Gasteiger partial charge in [0.1, 0.15) is 36.0 Å². The van der Waals surface area contributed by atoms with E-state index in [4.69, 9.17) is 37.6 Å². The van der Waals surface area contributed by atoms with Crippen molar-refractivity contribution in [3.05, 3.63) is 54.1 Å². The largest absolute Gasteiger partial charge is 0.497 e. The molecule has 1 heterocycles. The van der Waals surface area contributed by atoms with Crippen LogP contribution in [0.1, 0.15) is 33.3 Å². The Kier molecular flexibility index (Phi) is 11.7. The molecule has 0 aliphatic carbocycles. The van der Waals surface area contributed by atoms with Gasteiger partial charge in [-0.2, -0.15) is 5.09 Å². The Morgan fingerprint density at radius 1 is 1.00 bits per heavy atom. The number of carbonyl (C=O) groups excluding carboxylic acids is 2. The monoisotopic (exact) mass is 610 g/mol. The fraction of sp³-hybridized carbons (Fsp3) is 0.500. The second-order valence-corrected chi connectivity index (χ2v) is 11.8. The topological polar surface area (TPSA) is 149 Å². The zero-order chi connectivity index (χ0) is 30.9. The average Bonchev–Trinajstić information content (AvgIpc) is 3.29. The molecule has 0 spiro atoms. The first kappa shape index (κ1) is 33.3. The molecule has 1 saturated heterocycles. The van der Waals surface area contributed by atoms with Gasteiger partial charge < -0.3 is 28.2 Å². The number of amides is 1. The second kappa shape index (κ2) is 14.8. The Morgan fingerprint density at radius 2 is 1.71 bits per heavy atom. The van der Waals surface area contributed by atoms with Crippen LogP contribution in [0.4, 0.5) is 0 Å². The van der Waals surface area contributed by atoms with Crippen LogP contribution in [-0.2, 0) is 44.3 Å². The Hall–Kier alpha value is -3.19. The van der Waals surface area contributed by atoms with Gasteiger partial charge in [0.25, 0.3) is 5.91 Å². The Bertz CT molecular complexity index is 1240. The number of rotatable bonds is 15. The molecule has 2 N–H and O–H groups in total. The third kappa shape index (κ3) is 9.15. The first-order valence-corrected chi connectivity index (χ1v) is 14.8. The van der Waals surface area contributed by atoms with Gasteiger partial charge in [-0.05, 0) is 44.0 Å². The first-order valence-electron chi connectivity index (χ1n) is 13.2. The van der Waals surface area contributed by atoms with Crippen LogP contribution < -0.4 is 24.6 Å². The normalized spacial score (nSPS) is 19.9. The number of hydrogen-bond donors (Lipinski definition) is 2. The lowest BCUT2D eigenvalue weighted by molar-refractivity contribution is -0.163. The summed E-state index contributed by atoms with van der Waals surface area (Å²) < 4.78 is 52.5. The number of hydroxylamine groups is 1. The van der Waals surface area contributed by atoms with E-state index in [1.54, 1.807) is 83.3 Å². The van der Waals surface area contributed by atoms with Crippen molar-refractivity contribution in [2.45, 2.75) is 58.3 Å². The van der Waals surface area contributed by atoms with Gasteiger partial charge in [-0.25, -0.2) is 10.0 Å². The highest BCUT2D eigenvalue weighted by molar-refractivity contribution is 7.52. The summed E-state index contributed by atoms with van der Waals surface area (Å²) in [5, 5.41) is 2.68. The van der Waals surface area contributed by atoms with Gasteiger partial charge in [0.2, 0.25) is 0 Å². The summed E-state index contributed by atoms with van der Waals surface area (Å²) in [5.41, 5.74) is 3.03. The standard InChI is InChI=1S/C28H39N2O11P/c1-18(2)24(27(32)36-7)30-42(33,41-20-11-9-8-10-12-20)38-17-23-25(40-28(3,4)39-23)26(31)29-37-16-19-13-14-21(34-5)15-22(19)35-6/h8-15,18,23-25H,16-17H2,1-7H3,(H,29,31)(H,30,33)/t23-,24+,25-,42?/m1/s1. The number of methoxy groups -OCH3 is 3. The molecule has 0 bridgehead atoms. The third-order valence-electron chi connectivity index (χ3n) is 6.13. The van der Waals surface area contributed by atoms with Crippen LogP contribution in [0.5, 0.6) is 17.2 Å². The van der Waals surface area contributed by atoms with Crippen molar-refractivity contribution < 1.29 is 51.7 Å². The second-order valence-electron chi connectivity index (χ2n) is 10.1. The SMILES string of the molecule is COC(=O)[C@@H](NP(=O)(OC[C@H]1OC(C)(C)O[C@H]1C(=O)NOCc1ccc(OC)cc1OC)Oc1ccccc1)C(C)C. The minimum Gasteiger partial charge on any atom is -0.497 e. The molecule has 14 heteroatoms. The molecule has 1 amide bonds. The van der Waals surface area contributed by atoms with Gasteiger partial charge in [0.05, 0.1) is 27.9 Å². The van der Waals surface area contributed by atoms with Crippen molar-refractivity contribution >= 4 is 19.6 Å². The molecule has 0 radical (unpaired) electrons. The van der Waals surface area contributed by atoms with Gasteiger partial charge in [-0.1, -0.05) is 32.0 Å². The van der Waals surface area contributed by atoms with Gasteiger partial charge >= 0.3 is 13.7 Å². The van der Waals surface area contributed by atoms with E-state index in [9.17, 15) is 14.2 Å². The molecule has 2 aromatic carbocycles. The predicted molar refractivity (Wildman–Crippen MR) is 151 cm³/mol. The highest BCUT2D eigenvalue weighted by Crippen LogP contribution is 2.46. The van der Waals surface area contributed by atoms with E-state index < -0.39 is 50.3 Å². The molecule has 1 fully saturated rings. The number of esters is 1. The number of para-hydroxylation sites is 1. The van der Waals surface area contributed by atoms with E-state index in [-0.39, 0.29) is 18.3 Å². The predicted octanol–water partition coefficient (Wildman–Crippen LogP) is 3.76. The average molecular weight is 611 g/mol. The van der Waals surface area contributed by atoms with E-state index in [0.717, 1.165) is 0 Å². The maximum absolute atomic E-state index is 13.9. The van der Waals surface area contributed by atoms with Gasteiger partial charge in [0.15, 0.2) is 11.9 Å². The van der Waals surface area contributed by atoms with E-state index in [2.05, 4.69) is 10.6 Å². The molecule has 3 rings (SSSR count). The van der Waals surface area contributed by atoms with Crippen molar-refractivity contribution in [2.24, 2.45) is 5.92 Å². The van der Waals surface area contributed by atoms with E-state index in [0.29, 0.717) is 17.1 Å². The van der Waals surface area contributed by atoms with Crippen molar-refractivity contribution in [3.63, 3.8) is 0 Å². The van der Waals surface area contributed by atoms with E-state index in [1.165, 1.54) is 14.2 Å². The highest BCUT2D eigenvalue weighted by Gasteiger charge is 2.47. The summed E-state index contributed by atoms with van der Waals surface area (Å²) in [4.78, 5) is 30.9. The van der Waals surface area contributed by atoms with Crippen molar-refractivity contribution in [1.82, 2.24) is 10.6 Å². The minimum absolute atomic E-state index is 0.00873. The Balaban J connectivity index is 1.71. The fourth-order valence-electron chi connectivity index (χ4n) is 4.05. The third-order valence-corrected chi connectivity index (χ3v) is 7.67. The summed E-state index contributed by atoms with van der Waals surface area (Å²) in [6.45, 7) is 6.35. The maximum Gasteiger partial charge on any atom is 0.459 e. The molecule has 4 atom stereocenters. The van der Waals surface area contributed by atoms with Crippen LogP contribution in [-0.4, -0.2) is 63.8 Å². The number of nitrogens with one attached hydrogen (secondary N) is 2. The van der Waals surface area contributed by atoms with Gasteiger partial charge in [-0.3, -0.25) is 19.0 Å². The lowest BCUT2D eigenvalue weighted by atomic mass is 10.1. The number of hydrogen-bond acceptors (Lipinski definition) is 11. The van der Waals surface area contributed by atoms with Crippen molar-refractivity contribution in [3.8, 4) is 17.2 Å². The molecule has 13 nitrogen and oxygen atoms in total. The fourth-order valence-corrected chi connectivity index (χ4v) is 5.71. The quantitative estimate of drug-likeness (QED) is 0.172. The highest BCUT2D eigenvalue weighted by atomic mass is 31.2. The summed E-state index contributed by atoms with van der Waals surface area (Å²) >= 11 is 0. The summed E-state index contributed by atoms with van der Waals surface area (Å²) in [6.07, 6.45) is -2.20. The van der Waals surface area contributed by atoms with E-state index in [1.807, 2.05) is 0 Å². The van der Waals surface area contributed by atoms with Crippen LogP contribution in [0.15, 0.2) is 48.5 Å². The van der Waals surface area contributed by atoms with Crippen LogP contribution in [0.25, 0.3) is 0 Å². The summed E-state index contributed by atoms with van der Waals surface area (Å²) in [6, 6.07) is 12.5. The van der Waals surface area contributed by atoms with E-state index >= 15 is 0 Å². The van der Waals surface area contributed by atoms with Crippen LogP contribution in [0.3, 0.4) is 0 Å². The summed E-state index contributed by atoms with van der Waals surface area (Å²) in [7, 11) is 0.0606. The van der Waals surface area contributed by atoms with Crippen LogP contribution >= 0.6 is 7.75 Å². The van der Waals surface area contributed by atoms with Crippen molar-refractivity contribution in [2.75, 3.05) is 27.9 Å². The number of benzene rings is 2. The molecule has 1 aliphatic rings. The number of carbonyl (C=O) groups is 2. The molecule has 1 unspecified atom stereocenters. The Morgan fingerprint density at radius 3 is 2.33 bits per heavy atom. The lowest BCUT2D eigenvalue weighted by Gasteiger charge is -2.27. The number of ether oxygens (including phenoxy) is 5. The smallest absolute Gasteiger partial charge is 0.459 e. The molecule has 42 heavy (non-hydrogen) atoms. The molecule has 1 aliphatic heterocycles. The molecule has 2 aromatic rings. The lowest BCUT2D eigenvalue weighted by Crippen LogP contribution is -2.44. The maximum atomic E-state index is 13.9. The molecule has 232 valence electrons. The molecular formula is C28H39N2O11P. The van der Waals surface area contributed by atoms with Crippen molar-refractivity contribution in [1.29, 1.82) is 0 Å². The molecular weight excluding hydrogens is 571 g/mol. The zero-order valence-corrected chi connectivity index (χ0v) is 25.7. The van der Waals surface area contributed by atoms with Gasteiger partial charge in [-0.15, -0.1) is 0 Å². The zero-order valence-electron chi connectivity index (χ0n) is 24.8.